The smallest absolute Gasteiger partial charge is 0.308 e. The van der Waals surface area contributed by atoms with Crippen LogP contribution in [0.1, 0.15) is 24.1 Å². The molecule has 1 aromatic carbocycles. The van der Waals surface area contributed by atoms with Crippen molar-refractivity contribution < 1.29 is 9.90 Å². The molecule has 2 atom stereocenters. The Hall–Kier alpha value is -2.14. The maximum Gasteiger partial charge on any atom is 0.308 e. The number of carbonyl (C=O) groups is 1. The van der Waals surface area contributed by atoms with E-state index in [0.717, 1.165) is 25.3 Å². The first-order chi connectivity index (χ1) is 11.7. The Morgan fingerprint density at radius 3 is 2.67 bits per heavy atom. The summed E-state index contributed by atoms with van der Waals surface area (Å²) < 4.78 is 2.16. The molecule has 1 aliphatic carbocycles. The van der Waals surface area contributed by atoms with E-state index in [0.29, 0.717) is 18.4 Å². The van der Waals surface area contributed by atoms with Gasteiger partial charge in [0.25, 0.3) is 0 Å². The van der Waals surface area contributed by atoms with E-state index in [1.54, 1.807) is 0 Å². The summed E-state index contributed by atoms with van der Waals surface area (Å²) in [5.74, 6) is 0.119. The van der Waals surface area contributed by atoms with Crippen molar-refractivity contribution in [2.24, 2.45) is 17.8 Å². The molecule has 1 aliphatic heterocycles. The van der Waals surface area contributed by atoms with E-state index in [-0.39, 0.29) is 5.92 Å². The number of rotatable bonds is 6. The minimum absolute atomic E-state index is 0.206. The van der Waals surface area contributed by atoms with Gasteiger partial charge in [0.15, 0.2) is 0 Å². The number of likely N-dealkylation sites (tertiary alicyclic amines) is 1. The number of hydrogen-bond donors (Lipinski definition) is 1. The highest BCUT2D eigenvalue weighted by molar-refractivity contribution is 5.71. The second kappa shape index (κ2) is 6.40. The third-order valence-electron chi connectivity index (χ3n) is 5.37. The number of nitrogens with zero attached hydrogens (tertiary/aromatic N) is 3. The number of carboxylic acid groups (broad SMARTS) is 1. The molecule has 24 heavy (non-hydrogen) atoms. The number of imidazole rings is 1. The second-order valence-corrected chi connectivity index (χ2v) is 7.14. The molecule has 1 N–H and O–H groups in total. The third kappa shape index (κ3) is 3.22. The van der Waals surface area contributed by atoms with Crippen molar-refractivity contribution in [3.8, 4) is 0 Å². The zero-order valence-corrected chi connectivity index (χ0v) is 13.7. The number of benzene rings is 1. The molecule has 1 saturated carbocycles. The van der Waals surface area contributed by atoms with Gasteiger partial charge in [-0.3, -0.25) is 9.69 Å². The number of aromatic nitrogens is 2. The molecule has 2 aliphatic rings. The maximum atomic E-state index is 11.6. The summed E-state index contributed by atoms with van der Waals surface area (Å²) in [7, 11) is 0. The van der Waals surface area contributed by atoms with Gasteiger partial charge in [0, 0.05) is 32.4 Å². The molecule has 2 aromatic rings. The minimum Gasteiger partial charge on any atom is -0.481 e. The fourth-order valence-corrected chi connectivity index (χ4v) is 3.94. The Balaban J connectivity index is 1.44. The van der Waals surface area contributed by atoms with Crippen LogP contribution in [0.2, 0.25) is 0 Å². The molecule has 0 unspecified atom stereocenters. The Labute approximate surface area is 141 Å². The summed E-state index contributed by atoms with van der Waals surface area (Å²) in [5, 5.41) is 9.51. The van der Waals surface area contributed by atoms with Gasteiger partial charge in [0.2, 0.25) is 0 Å². The van der Waals surface area contributed by atoms with Gasteiger partial charge in [-0.05, 0) is 30.2 Å². The van der Waals surface area contributed by atoms with Crippen molar-refractivity contribution in [2.75, 3.05) is 13.1 Å². The van der Waals surface area contributed by atoms with Crippen molar-refractivity contribution in [2.45, 2.75) is 25.9 Å². The van der Waals surface area contributed by atoms with E-state index in [1.807, 2.05) is 30.7 Å². The van der Waals surface area contributed by atoms with Crippen LogP contribution in [0, 0.1) is 17.8 Å². The van der Waals surface area contributed by atoms with Gasteiger partial charge in [-0.15, -0.1) is 0 Å². The Morgan fingerprint density at radius 2 is 1.96 bits per heavy atom. The van der Waals surface area contributed by atoms with E-state index in [4.69, 9.17) is 0 Å². The molecule has 1 aromatic heterocycles. The van der Waals surface area contributed by atoms with Crippen LogP contribution in [-0.2, 0) is 17.9 Å². The Kier molecular flexibility index (Phi) is 4.10. The highest BCUT2D eigenvalue weighted by Gasteiger charge is 2.45. The van der Waals surface area contributed by atoms with Crippen molar-refractivity contribution >= 4 is 5.97 Å². The summed E-state index contributed by atoms with van der Waals surface area (Å²) in [6.45, 7) is 3.14. The van der Waals surface area contributed by atoms with Crippen molar-refractivity contribution in [1.82, 2.24) is 14.5 Å². The number of carboxylic acids is 1. The predicted molar refractivity (Wildman–Crippen MR) is 90.4 cm³/mol. The normalized spacial score (nSPS) is 24.3. The quantitative estimate of drug-likeness (QED) is 0.886. The van der Waals surface area contributed by atoms with Crippen LogP contribution in [0.4, 0.5) is 0 Å². The summed E-state index contributed by atoms with van der Waals surface area (Å²) in [4.78, 5) is 18.1. The average Bonchev–Trinajstić information content (AvgIpc) is 3.20. The van der Waals surface area contributed by atoms with Crippen LogP contribution < -0.4 is 0 Å². The van der Waals surface area contributed by atoms with Gasteiger partial charge in [-0.1, -0.05) is 30.3 Å². The van der Waals surface area contributed by atoms with Crippen LogP contribution in [0.15, 0.2) is 42.9 Å². The van der Waals surface area contributed by atoms with Gasteiger partial charge in [-0.2, -0.15) is 0 Å². The van der Waals surface area contributed by atoms with Crippen molar-refractivity contribution in [1.29, 1.82) is 0 Å². The largest absolute Gasteiger partial charge is 0.481 e. The molecule has 2 heterocycles. The van der Waals surface area contributed by atoms with Crippen LogP contribution in [0.3, 0.4) is 0 Å². The first kappa shape index (κ1) is 15.4. The lowest BCUT2D eigenvalue weighted by Gasteiger charge is -2.17. The van der Waals surface area contributed by atoms with E-state index >= 15 is 0 Å². The first-order valence-corrected chi connectivity index (χ1v) is 8.69. The molecule has 0 radical (unpaired) electrons. The lowest BCUT2D eigenvalue weighted by molar-refractivity contribution is -0.142. The molecule has 0 bridgehead atoms. The molecule has 4 rings (SSSR count). The third-order valence-corrected chi connectivity index (χ3v) is 5.37. The van der Waals surface area contributed by atoms with E-state index < -0.39 is 5.97 Å². The summed E-state index contributed by atoms with van der Waals surface area (Å²) in [6.07, 6.45) is 6.18. The summed E-state index contributed by atoms with van der Waals surface area (Å²) >= 11 is 0. The van der Waals surface area contributed by atoms with E-state index in [9.17, 15) is 9.90 Å². The van der Waals surface area contributed by atoms with E-state index in [1.165, 1.54) is 18.4 Å². The maximum absolute atomic E-state index is 11.6. The molecule has 0 amide bonds. The van der Waals surface area contributed by atoms with Crippen molar-refractivity contribution in [3.05, 3.63) is 54.1 Å². The molecule has 0 spiro atoms. The molecular weight excluding hydrogens is 302 g/mol. The zero-order valence-electron chi connectivity index (χ0n) is 13.7. The second-order valence-electron chi connectivity index (χ2n) is 7.14. The molecule has 2 fully saturated rings. The average molecular weight is 325 g/mol. The SMILES string of the molecule is O=C(O)[C@H]1CN(Cc2cncn2Cc2ccccc2)C[C@@H]1C1CC1. The van der Waals surface area contributed by atoms with Gasteiger partial charge in [0.05, 0.1) is 17.9 Å². The summed E-state index contributed by atoms with van der Waals surface area (Å²) in [5.41, 5.74) is 2.40. The monoisotopic (exact) mass is 325 g/mol. The highest BCUT2D eigenvalue weighted by Crippen LogP contribution is 2.44. The van der Waals surface area contributed by atoms with Gasteiger partial charge < -0.3 is 9.67 Å². The van der Waals surface area contributed by atoms with Crippen LogP contribution in [-0.4, -0.2) is 38.6 Å². The lowest BCUT2D eigenvalue weighted by Crippen LogP contribution is -2.24. The summed E-state index contributed by atoms with van der Waals surface area (Å²) in [6, 6.07) is 10.3. The molecule has 5 nitrogen and oxygen atoms in total. The molecular formula is C19H23N3O2. The Morgan fingerprint density at radius 1 is 1.17 bits per heavy atom. The fraction of sp³-hybridized carbons (Fsp3) is 0.474. The molecule has 126 valence electrons. The Bertz CT molecular complexity index is 708. The standard InChI is InChI=1S/C19H23N3O2/c23-19(24)18-12-21(11-17(18)15-6-7-15)10-16-8-20-13-22(16)9-14-4-2-1-3-5-14/h1-5,8,13,15,17-18H,6-7,9-12H2,(H,23,24)/t17-,18+/m1/s1. The first-order valence-electron chi connectivity index (χ1n) is 8.69. The number of aliphatic carboxylic acids is 1. The topological polar surface area (TPSA) is 58.4 Å². The lowest BCUT2D eigenvalue weighted by atomic mass is 9.92. The van der Waals surface area contributed by atoms with Gasteiger partial charge >= 0.3 is 5.97 Å². The van der Waals surface area contributed by atoms with Crippen molar-refractivity contribution in [3.63, 3.8) is 0 Å². The number of hydrogen-bond acceptors (Lipinski definition) is 3. The van der Waals surface area contributed by atoms with Crippen LogP contribution in [0.25, 0.3) is 0 Å². The molecule has 5 heteroatoms. The van der Waals surface area contributed by atoms with Crippen LogP contribution >= 0.6 is 0 Å². The van der Waals surface area contributed by atoms with E-state index in [2.05, 4.69) is 26.6 Å². The van der Waals surface area contributed by atoms with Gasteiger partial charge in [-0.25, -0.2) is 4.98 Å². The fourth-order valence-electron chi connectivity index (χ4n) is 3.94. The highest BCUT2D eigenvalue weighted by atomic mass is 16.4. The van der Waals surface area contributed by atoms with Crippen LogP contribution in [0.5, 0.6) is 0 Å². The predicted octanol–water partition coefficient (Wildman–Crippen LogP) is 2.47. The van der Waals surface area contributed by atoms with Gasteiger partial charge in [0.1, 0.15) is 0 Å². The molecule has 1 saturated heterocycles. The minimum atomic E-state index is -0.632. The zero-order chi connectivity index (χ0) is 16.5.